The molecular formula is C16H25N3O. The van der Waals surface area contributed by atoms with Crippen molar-refractivity contribution in [1.82, 2.24) is 10.2 Å². The van der Waals surface area contributed by atoms with Gasteiger partial charge in [0.15, 0.2) is 0 Å². The number of hydrogen-bond donors (Lipinski definition) is 2. The molecule has 0 bridgehead atoms. The maximum atomic E-state index is 12.0. The average Bonchev–Trinajstić information content (AvgIpc) is 2.47. The fraction of sp³-hybridized carbons (Fsp3) is 0.562. The van der Waals surface area contributed by atoms with Crippen LogP contribution in [0.25, 0.3) is 0 Å². The van der Waals surface area contributed by atoms with Gasteiger partial charge < -0.3 is 16.0 Å². The van der Waals surface area contributed by atoms with Crippen LogP contribution in [0, 0.1) is 0 Å². The number of carbonyl (C=O) groups excluding carboxylic acids is 1. The zero-order chi connectivity index (χ0) is 14.4. The molecule has 1 fully saturated rings. The normalized spacial score (nSPS) is 17.1. The number of piperidine rings is 1. The minimum atomic E-state index is 0.164. The van der Waals surface area contributed by atoms with Crippen molar-refractivity contribution < 1.29 is 4.79 Å². The van der Waals surface area contributed by atoms with Crippen molar-refractivity contribution in [1.29, 1.82) is 0 Å². The molecule has 3 N–H and O–H groups in total. The molecule has 0 aliphatic carbocycles. The topological polar surface area (TPSA) is 58.4 Å². The van der Waals surface area contributed by atoms with Crippen LogP contribution in [-0.2, 0) is 11.2 Å². The van der Waals surface area contributed by atoms with E-state index in [0.29, 0.717) is 12.5 Å². The van der Waals surface area contributed by atoms with Crippen LogP contribution >= 0.6 is 0 Å². The van der Waals surface area contributed by atoms with E-state index in [1.807, 2.05) is 24.3 Å². The first kappa shape index (κ1) is 14.9. The van der Waals surface area contributed by atoms with Crippen molar-refractivity contribution in [2.45, 2.75) is 38.6 Å². The minimum Gasteiger partial charge on any atom is -0.399 e. The molecule has 0 saturated carbocycles. The summed E-state index contributed by atoms with van der Waals surface area (Å²) in [6, 6.07) is 8.10. The van der Waals surface area contributed by atoms with Gasteiger partial charge in [-0.15, -0.1) is 0 Å². The van der Waals surface area contributed by atoms with Gasteiger partial charge in [-0.05, 0) is 43.5 Å². The van der Waals surface area contributed by atoms with Gasteiger partial charge in [-0.1, -0.05) is 19.1 Å². The largest absolute Gasteiger partial charge is 0.399 e. The zero-order valence-electron chi connectivity index (χ0n) is 12.3. The molecule has 1 aromatic carbocycles. The van der Waals surface area contributed by atoms with E-state index < -0.39 is 0 Å². The van der Waals surface area contributed by atoms with Crippen LogP contribution in [0.5, 0.6) is 0 Å². The zero-order valence-corrected chi connectivity index (χ0v) is 12.3. The fourth-order valence-electron chi connectivity index (χ4n) is 2.64. The molecule has 1 saturated heterocycles. The molecule has 2 rings (SSSR count). The van der Waals surface area contributed by atoms with Crippen molar-refractivity contribution in [3.63, 3.8) is 0 Å². The number of nitrogens with zero attached hydrogens (tertiary/aromatic N) is 1. The van der Waals surface area contributed by atoms with Crippen molar-refractivity contribution in [3.05, 3.63) is 29.8 Å². The number of anilines is 1. The van der Waals surface area contributed by atoms with Crippen LogP contribution in [0.15, 0.2) is 24.3 Å². The average molecular weight is 275 g/mol. The van der Waals surface area contributed by atoms with Crippen LogP contribution < -0.4 is 11.1 Å². The second kappa shape index (κ2) is 7.29. The van der Waals surface area contributed by atoms with Crippen molar-refractivity contribution in [2.24, 2.45) is 0 Å². The van der Waals surface area contributed by atoms with E-state index in [4.69, 9.17) is 5.73 Å². The van der Waals surface area contributed by atoms with Gasteiger partial charge >= 0.3 is 0 Å². The van der Waals surface area contributed by atoms with Crippen LogP contribution in [0.1, 0.15) is 31.7 Å². The Morgan fingerprint density at radius 2 is 1.95 bits per heavy atom. The Balaban J connectivity index is 1.69. The van der Waals surface area contributed by atoms with Gasteiger partial charge in [0.05, 0.1) is 0 Å². The number of aryl methyl sites for hydroxylation is 1. The van der Waals surface area contributed by atoms with Crippen molar-refractivity contribution in [3.8, 4) is 0 Å². The standard InChI is InChI=1S/C16H25N3O/c1-2-19-11-9-15(10-12-19)18-16(20)8-5-13-3-6-14(17)7-4-13/h3-4,6-7,15H,2,5,8-12,17H2,1H3,(H,18,20). The Kier molecular flexibility index (Phi) is 5.41. The molecule has 0 radical (unpaired) electrons. The van der Waals surface area contributed by atoms with Crippen LogP contribution in [0.2, 0.25) is 0 Å². The summed E-state index contributed by atoms with van der Waals surface area (Å²) in [6.07, 6.45) is 3.47. The maximum Gasteiger partial charge on any atom is 0.220 e. The molecule has 0 aromatic heterocycles. The van der Waals surface area contributed by atoms with Crippen molar-refractivity contribution in [2.75, 3.05) is 25.4 Å². The van der Waals surface area contributed by atoms with Gasteiger partial charge in [0, 0.05) is 31.2 Å². The highest BCUT2D eigenvalue weighted by Gasteiger charge is 2.19. The van der Waals surface area contributed by atoms with Gasteiger partial charge in [-0.25, -0.2) is 0 Å². The first-order chi connectivity index (χ1) is 9.67. The number of nitrogens with one attached hydrogen (secondary N) is 1. The molecule has 1 heterocycles. The van der Waals surface area contributed by atoms with E-state index >= 15 is 0 Å². The quantitative estimate of drug-likeness (QED) is 0.806. The number of nitrogen functional groups attached to an aromatic ring is 1. The second-order valence-corrected chi connectivity index (χ2v) is 5.52. The lowest BCUT2D eigenvalue weighted by atomic mass is 10.0. The molecule has 1 aliphatic heterocycles. The summed E-state index contributed by atoms with van der Waals surface area (Å²) in [5.41, 5.74) is 7.57. The van der Waals surface area contributed by atoms with Crippen LogP contribution in [0.3, 0.4) is 0 Å². The highest BCUT2D eigenvalue weighted by atomic mass is 16.1. The highest BCUT2D eigenvalue weighted by molar-refractivity contribution is 5.76. The lowest BCUT2D eigenvalue weighted by Gasteiger charge is -2.31. The van der Waals surface area contributed by atoms with E-state index in [-0.39, 0.29) is 5.91 Å². The number of likely N-dealkylation sites (tertiary alicyclic amines) is 1. The number of carbonyl (C=O) groups is 1. The molecule has 4 nitrogen and oxygen atoms in total. The smallest absolute Gasteiger partial charge is 0.220 e. The van der Waals surface area contributed by atoms with Gasteiger partial charge in [-0.3, -0.25) is 4.79 Å². The third-order valence-electron chi connectivity index (χ3n) is 4.02. The first-order valence-corrected chi connectivity index (χ1v) is 7.53. The predicted molar refractivity (Wildman–Crippen MR) is 82.5 cm³/mol. The summed E-state index contributed by atoms with van der Waals surface area (Å²) in [4.78, 5) is 14.4. The minimum absolute atomic E-state index is 0.164. The lowest BCUT2D eigenvalue weighted by molar-refractivity contribution is -0.122. The molecule has 0 atom stereocenters. The summed E-state index contributed by atoms with van der Waals surface area (Å²) in [7, 11) is 0. The van der Waals surface area contributed by atoms with Crippen LogP contribution in [-0.4, -0.2) is 36.5 Å². The second-order valence-electron chi connectivity index (χ2n) is 5.52. The van der Waals surface area contributed by atoms with E-state index in [1.165, 1.54) is 0 Å². The maximum absolute atomic E-state index is 12.0. The Bertz CT molecular complexity index is 422. The Labute approximate surface area is 121 Å². The summed E-state index contributed by atoms with van der Waals surface area (Å²) in [5, 5.41) is 3.15. The van der Waals surface area contributed by atoms with Crippen LogP contribution in [0.4, 0.5) is 5.69 Å². The van der Waals surface area contributed by atoms with Gasteiger partial charge in [0.2, 0.25) is 5.91 Å². The summed E-state index contributed by atoms with van der Waals surface area (Å²) in [6.45, 7) is 5.49. The van der Waals surface area contributed by atoms with E-state index in [9.17, 15) is 4.79 Å². The summed E-state index contributed by atoms with van der Waals surface area (Å²) < 4.78 is 0. The monoisotopic (exact) mass is 275 g/mol. The molecule has 0 unspecified atom stereocenters. The van der Waals surface area contributed by atoms with Gasteiger partial charge in [0.1, 0.15) is 0 Å². The van der Waals surface area contributed by atoms with Crippen molar-refractivity contribution >= 4 is 11.6 Å². The molecule has 20 heavy (non-hydrogen) atoms. The van der Waals surface area contributed by atoms with Gasteiger partial charge in [-0.2, -0.15) is 0 Å². The van der Waals surface area contributed by atoms with E-state index in [1.54, 1.807) is 0 Å². The molecule has 4 heteroatoms. The van der Waals surface area contributed by atoms with Gasteiger partial charge in [0.25, 0.3) is 0 Å². The first-order valence-electron chi connectivity index (χ1n) is 7.53. The molecular weight excluding hydrogens is 250 g/mol. The lowest BCUT2D eigenvalue weighted by Crippen LogP contribution is -2.44. The third-order valence-corrected chi connectivity index (χ3v) is 4.02. The molecule has 110 valence electrons. The number of nitrogens with two attached hydrogens (primary N) is 1. The number of rotatable bonds is 5. The number of hydrogen-bond acceptors (Lipinski definition) is 3. The van der Waals surface area contributed by atoms with E-state index in [0.717, 1.165) is 50.1 Å². The SMILES string of the molecule is CCN1CCC(NC(=O)CCc2ccc(N)cc2)CC1. The number of benzene rings is 1. The third kappa shape index (κ3) is 4.53. The predicted octanol–water partition coefficient (Wildman–Crippen LogP) is 1.80. The summed E-state index contributed by atoms with van der Waals surface area (Å²) >= 11 is 0. The summed E-state index contributed by atoms with van der Waals surface area (Å²) in [5.74, 6) is 0.164. The highest BCUT2D eigenvalue weighted by Crippen LogP contribution is 2.11. The van der Waals surface area contributed by atoms with E-state index in [2.05, 4.69) is 17.1 Å². The molecule has 0 spiro atoms. The molecule has 1 amide bonds. The molecule has 1 aliphatic rings. The molecule has 1 aromatic rings. The Hall–Kier alpha value is -1.55. The number of amides is 1. The fourth-order valence-corrected chi connectivity index (χ4v) is 2.64. The Morgan fingerprint density at radius 1 is 1.30 bits per heavy atom. The Morgan fingerprint density at radius 3 is 2.55 bits per heavy atom.